The summed E-state index contributed by atoms with van der Waals surface area (Å²) in [6, 6.07) is 14.5. The van der Waals surface area contributed by atoms with Crippen LogP contribution in [0.4, 0.5) is 17.1 Å². The molecular weight excluding hydrogens is 314 g/mol. The molecule has 0 saturated heterocycles. The first-order chi connectivity index (χ1) is 10.8. The van der Waals surface area contributed by atoms with E-state index in [9.17, 15) is 0 Å². The molecule has 6 heteroatoms. The fourth-order valence-electron chi connectivity index (χ4n) is 1.53. The van der Waals surface area contributed by atoms with Crippen molar-refractivity contribution in [3.05, 3.63) is 59.9 Å². The molecule has 0 radical (unpaired) electrons. The Labute approximate surface area is 138 Å². The monoisotopic (exact) mass is 329 g/mol. The second-order valence-corrected chi connectivity index (χ2v) is 6.81. The van der Waals surface area contributed by atoms with Gasteiger partial charge in [0.05, 0.1) is 17.9 Å². The number of ether oxygens (including phenoxy) is 1. The summed E-state index contributed by atoms with van der Waals surface area (Å²) in [5.41, 5.74) is 2.08. The van der Waals surface area contributed by atoms with Gasteiger partial charge in [-0.2, -0.15) is 10.2 Å². The maximum Gasteiger partial charge on any atom is 0.187 e. The molecular formula is C16H15N3OS2. The highest BCUT2D eigenvalue weighted by Crippen LogP contribution is 2.25. The van der Waals surface area contributed by atoms with Gasteiger partial charge in [-0.15, -0.1) is 0 Å². The fourth-order valence-corrected chi connectivity index (χ4v) is 2.80. The normalized spacial score (nSPS) is 10.5. The highest BCUT2D eigenvalue weighted by atomic mass is 33.1. The van der Waals surface area contributed by atoms with Crippen molar-refractivity contribution in [2.75, 3.05) is 11.7 Å². The van der Waals surface area contributed by atoms with Gasteiger partial charge >= 0.3 is 0 Å². The topological polar surface area (TPSA) is 38.3 Å². The smallest absolute Gasteiger partial charge is 0.187 e. The number of azo groups is 1. The van der Waals surface area contributed by atoms with E-state index in [0.717, 1.165) is 22.9 Å². The lowest BCUT2D eigenvalue weighted by molar-refractivity contribution is 0.394. The zero-order valence-corrected chi connectivity index (χ0v) is 13.7. The van der Waals surface area contributed by atoms with Crippen LogP contribution in [-0.4, -0.2) is 11.7 Å². The zero-order chi connectivity index (χ0) is 15.6. The SMILES string of the molecule is [C-]#[N+]c1ccc(N=Nc2ccc(OCSSCC)cc2)cc1. The summed E-state index contributed by atoms with van der Waals surface area (Å²) in [6.45, 7) is 9.02. The molecule has 0 aromatic heterocycles. The fraction of sp³-hybridized carbons (Fsp3) is 0.188. The van der Waals surface area contributed by atoms with Gasteiger partial charge < -0.3 is 4.74 Å². The molecule has 0 bridgehead atoms. The van der Waals surface area contributed by atoms with Crippen LogP contribution in [0, 0.1) is 6.57 Å². The standard InChI is InChI=1S/C16H15N3OS2/c1-3-21-22-12-20-16-10-8-15(9-11-16)19-18-14-6-4-13(17-2)5-7-14/h4-11H,3,12H2,1H3. The van der Waals surface area contributed by atoms with E-state index in [1.165, 1.54) is 0 Å². The first kappa shape index (κ1) is 16.4. The lowest BCUT2D eigenvalue weighted by Gasteiger charge is -2.04. The molecule has 0 fully saturated rings. The highest BCUT2D eigenvalue weighted by Gasteiger charge is 1.96. The quantitative estimate of drug-likeness (QED) is 0.194. The minimum atomic E-state index is 0.597. The van der Waals surface area contributed by atoms with Gasteiger partial charge in [-0.3, -0.25) is 0 Å². The molecule has 4 nitrogen and oxygen atoms in total. The van der Waals surface area contributed by atoms with Crippen LogP contribution in [0.25, 0.3) is 4.85 Å². The molecule has 0 unspecified atom stereocenters. The average molecular weight is 329 g/mol. The summed E-state index contributed by atoms with van der Waals surface area (Å²) in [5, 5.41) is 8.31. The molecule has 0 atom stereocenters. The van der Waals surface area contributed by atoms with Crippen molar-refractivity contribution in [3.8, 4) is 5.75 Å². The summed E-state index contributed by atoms with van der Waals surface area (Å²) in [7, 11) is 3.47. The Hall–Kier alpha value is -1.97. The van der Waals surface area contributed by atoms with Crippen LogP contribution in [0.1, 0.15) is 6.92 Å². The van der Waals surface area contributed by atoms with Crippen LogP contribution in [0.3, 0.4) is 0 Å². The third kappa shape index (κ3) is 5.43. The van der Waals surface area contributed by atoms with E-state index in [4.69, 9.17) is 11.3 Å². The van der Waals surface area contributed by atoms with E-state index in [2.05, 4.69) is 22.0 Å². The van der Waals surface area contributed by atoms with Gasteiger partial charge in [0.2, 0.25) is 0 Å². The minimum Gasteiger partial charge on any atom is -0.482 e. The molecule has 0 saturated carbocycles. The van der Waals surface area contributed by atoms with Crippen molar-refractivity contribution in [1.29, 1.82) is 0 Å². The van der Waals surface area contributed by atoms with Crippen LogP contribution < -0.4 is 4.74 Å². The molecule has 0 aliphatic carbocycles. The van der Waals surface area contributed by atoms with Gasteiger partial charge in [-0.05, 0) is 36.4 Å². The Morgan fingerprint density at radius 2 is 1.55 bits per heavy atom. The van der Waals surface area contributed by atoms with Crippen molar-refractivity contribution in [1.82, 2.24) is 0 Å². The minimum absolute atomic E-state index is 0.597. The van der Waals surface area contributed by atoms with Gasteiger partial charge in [0, 0.05) is 5.75 Å². The van der Waals surface area contributed by atoms with E-state index in [1.54, 1.807) is 45.9 Å². The maximum absolute atomic E-state index is 6.90. The number of rotatable bonds is 7. The van der Waals surface area contributed by atoms with Crippen molar-refractivity contribution < 1.29 is 4.74 Å². The Morgan fingerprint density at radius 3 is 2.09 bits per heavy atom. The predicted octanol–water partition coefficient (Wildman–Crippen LogP) is 6.39. The molecule has 0 amide bonds. The van der Waals surface area contributed by atoms with E-state index in [-0.39, 0.29) is 0 Å². The van der Waals surface area contributed by atoms with Crippen LogP contribution >= 0.6 is 21.6 Å². The predicted molar refractivity (Wildman–Crippen MR) is 94.5 cm³/mol. The summed E-state index contributed by atoms with van der Waals surface area (Å²) in [6.07, 6.45) is 0. The molecule has 2 aromatic rings. The number of nitrogens with zero attached hydrogens (tertiary/aromatic N) is 3. The number of hydrogen-bond acceptors (Lipinski definition) is 5. The number of benzene rings is 2. The Morgan fingerprint density at radius 1 is 0.955 bits per heavy atom. The highest BCUT2D eigenvalue weighted by molar-refractivity contribution is 8.76. The summed E-state index contributed by atoms with van der Waals surface area (Å²) < 4.78 is 5.59. The Balaban J connectivity index is 1.90. The molecule has 0 heterocycles. The lowest BCUT2D eigenvalue weighted by atomic mass is 10.3. The van der Waals surface area contributed by atoms with E-state index in [1.807, 2.05) is 24.3 Å². The van der Waals surface area contributed by atoms with Crippen molar-refractivity contribution >= 4 is 38.6 Å². The van der Waals surface area contributed by atoms with Crippen LogP contribution in [0.2, 0.25) is 0 Å². The summed E-state index contributed by atoms with van der Waals surface area (Å²) in [4.78, 5) is 3.34. The molecule has 0 N–H and O–H groups in total. The van der Waals surface area contributed by atoms with Crippen molar-refractivity contribution in [2.24, 2.45) is 10.2 Å². The van der Waals surface area contributed by atoms with Gasteiger partial charge in [0.25, 0.3) is 0 Å². The summed E-state index contributed by atoms with van der Waals surface area (Å²) in [5.74, 6) is 2.53. The van der Waals surface area contributed by atoms with E-state index >= 15 is 0 Å². The maximum atomic E-state index is 6.90. The third-order valence-corrected chi connectivity index (χ3v) is 4.68. The molecule has 22 heavy (non-hydrogen) atoms. The van der Waals surface area contributed by atoms with Crippen LogP contribution in [-0.2, 0) is 0 Å². The van der Waals surface area contributed by atoms with E-state index < -0.39 is 0 Å². The first-order valence-corrected chi connectivity index (χ1v) is 9.17. The number of hydrogen-bond donors (Lipinski definition) is 0. The molecule has 2 rings (SSSR count). The molecule has 112 valence electrons. The molecule has 2 aromatic carbocycles. The third-order valence-electron chi connectivity index (χ3n) is 2.57. The van der Waals surface area contributed by atoms with Crippen molar-refractivity contribution in [2.45, 2.75) is 6.92 Å². The van der Waals surface area contributed by atoms with E-state index in [0.29, 0.717) is 11.6 Å². The first-order valence-electron chi connectivity index (χ1n) is 6.68. The zero-order valence-electron chi connectivity index (χ0n) is 12.1. The van der Waals surface area contributed by atoms with Gasteiger partial charge in [0.15, 0.2) is 5.69 Å². The lowest BCUT2D eigenvalue weighted by Crippen LogP contribution is -1.90. The molecule has 0 aliphatic rings. The second-order valence-electron chi connectivity index (χ2n) is 4.11. The molecule has 0 aliphatic heterocycles. The summed E-state index contributed by atoms with van der Waals surface area (Å²) >= 11 is 0. The average Bonchev–Trinajstić information content (AvgIpc) is 2.58. The van der Waals surface area contributed by atoms with Crippen LogP contribution in [0.15, 0.2) is 58.8 Å². The molecule has 0 spiro atoms. The van der Waals surface area contributed by atoms with Gasteiger partial charge in [-0.1, -0.05) is 40.6 Å². The van der Waals surface area contributed by atoms with Crippen LogP contribution in [0.5, 0.6) is 5.75 Å². The Kier molecular flexibility index (Phi) is 6.81. The second kappa shape index (κ2) is 9.13. The largest absolute Gasteiger partial charge is 0.482 e. The van der Waals surface area contributed by atoms with Gasteiger partial charge in [-0.25, -0.2) is 4.85 Å². The van der Waals surface area contributed by atoms with Gasteiger partial charge in [0.1, 0.15) is 11.7 Å². The van der Waals surface area contributed by atoms with Crippen molar-refractivity contribution in [3.63, 3.8) is 0 Å². The Bertz CT molecular complexity index is 649.